The topological polar surface area (TPSA) is 55.9 Å². The minimum atomic E-state index is -0.519. The van der Waals surface area contributed by atoms with Crippen LogP contribution in [0.3, 0.4) is 0 Å². The lowest BCUT2D eigenvalue weighted by molar-refractivity contribution is -0.125. The maximum Gasteiger partial charge on any atom is 0.322 e. The zero-order valence-electron chi connectivity index (χ0n) is 15.1. The zero-order valence-corrected chi connectivity index (χ0v) is 16.6. The van der Waals surface area contributed by atoms with E-state index in [-0.39, 0.29) is 11.9 Å². The summed E-state index contributed by atoms with van der Waals surface area (Å²) in [5.41, 5.74) is 2.10. The van der Waals surface area contributed by atoms with Gasteiger partial charge in [0.2, 0.25) is 0 Å². The van der Waals surface area contributed by atoms with Gasteiger partial charge in [-0.15, -0.1) is 0 Å². The second kappa shape index (κ2) is 7.47. The molecule has 140 valence electrons. The molecule has 0 bridgehead atoms. The van der Waals surface area contributed by atoms with Crippen LogP contribution in [0.4, 0.5) is 4.79 Å². The lowest BCUT2D eigenvalue weighted by Crippen LogP contribution is -2.45. The normalized spacial score (nSPS) is 20.2. The first-order chi connectivity index (χ1) is 12.3. The van der Waals surface area contributed by atoms with Gasteiger partial charge in [-0.1, -0.05) is 29.3 Å². The highest BCUT2D eigenvalue weighted by molar-refractivity contribution is 6.42. The molecule has 6 nitrogen and oxygen atoms in total. The third-order valence-corrected chi connectivity index (χ3v) is 5.48. The predicted octanol–water partition coefficient (Wildman–Crippen LogP) is 2.74. The second-order valence-corrected chi connectivity index (χ2v) is 7.67. The summed E-state index contributed by atoms with van der Waals surface area (Å²) in [4.78, 5) is 30.8. The van der Waals surface area contributed by atoms with E-state index in [9.17, 15) is 9.59 Å². The van der Waals surface area contributed by atoms with Gasteiger partial charge in [-0.3, -0.25) is 9.69 Å². The molecular formula is C18H22Cl2N4O2. The van der Waals surface area contributed by atoms with Crippen molar-refractivity contribution in [1.29, 1.82) is 0 Å². The molecule has 0 radical (unpaired) electrons. The van der Waals surface area contributed by atoms with Crippen molar-refractivity contribution in [1.82, 2.24) is 20.0 Å². The summed E-state index contributed by atoms with van der Waals surface area (Å²) in [6.07, 6.45) is 0.877. The van der Waals surface area contributed by atoms with Gasteiger partial charge in [-0.05, 0) is 44.8 Å². The second-order valence-electron chi connectivity index (χ2n) is 6.86. The van der Waals surface area contributed by atoms with Gasteiger partial charge in [0.05, 0.1) is 33.9 Å². The summed E-state index contributed by atoms with van der Waals surface area (Å²) >= 11 is 12.1. The number of urea groups is 1. The molecule has 0 unspecified atom stereocenters. The Hall–Kier alpha value is -1.76. The zero-order chi connectivity index (χ0) is 19.0. The Balaban J connectivity index is 1.89. The van der Waals surface area contributed by atoms with E-state index < -0.39 is 6.04 Å². The number of benzene rings is 1. The van der Waals surface area contributed by atoms with Gasteiger partial charge < -0.3 is 15.1 Å². The number of nitrogens with zero attached hydrogens (tertiary/aromatic N) is 3. The Kier molecular flexibility index (Phi) is 5.46. The van der Waals surface area contributed by atoms with E-state index in [0.29, 0.717) is 28.7 Å². The predicted molar refractivity (Wildman–Crippen MR) is 102 cm³/mol. The van der Waals surface area contributed by atoms with Crippen LogP contribution in [-0.4, -0.2) is 67.4 Å². The molecule has 1 atom stereocenters. The molecule has 8 heteroatoms. The largest absolute Gasteiger partial charge is 0.333 e. The average molecular weight is 397 g/mol. The highest BCUT2D eigenvalue weighted by Crippen LogP contribution is 2.37. The Morgan fingerprint density at radius 1 is 1.23 bits per heavy atom. The van der Waals surface area contributed by atoms with Crippen LogP contribution in [-0.2, 0) is 4.79 Å². The average Bonchev–Trinajstić information content (AvgIpc) is 2.91. The van der Waals surface area contributed by atoms with E-state index in [2.05, 4.69) is 10.2 Å². The SMILES string of the molecule is CN(C)CCCN1CC2=C(C1=O)[C@H](c1ccc(Cl)c(Cl)c1)NC(=O)N2C. The Labute approximate surface area is 163 Å². The van der Waals surface area contributed by atoms with Crippen molar-refractivity contribution < 1.29 is 9.59 Å². The molecular weight excluding hydrogens is 375 g/mol. The maximum absolute atomic E-state index is 13.0. The van der Waals surface area contributed by atoms with Crippen molar-refractivity contribution in [3.05, 3.63) is 45.1 Å². The molecule has 2 heterocycles. The Morgan fingerprint density at radius 3 is 2.62 bits per heavy atom. The first kappa shape index (κ1) is 19.0. The smallest absolute Gasteiger partial charge is 0.322 e. The van der Waals surface area contributed by atoms with Crippen molar-refractivity contribution in [3.63, 3.8) is 0 Å². The molecule has 1 aromatic carbocycles. The van der Waals surface area contributed by atoms with Gasteiger partial charge in [0.15, 0.2) is 0 Å². The first-order valence-corrected chi connectivity index (χ1v) is 9.21. The fourth-order valence-corrected chi connectivity index (χ4v) is 3.63. The molecule has 0 aliphatic carbocycles. The summed E-state index contributed by atoms with van der Waals surface area (Å²) in [6.45, 7) is 2.00. The number of nitrogens with one attached hydrogen (secondary N) is 1. The van der Waals surface area contributed by atoms with Gasteiger partial charge >= 0.3 is 6.03 Å². The van der Waals surface area contributed by atoms with E-state index in [1.54, 1.807) is 30.1 Å². The Morgan fingerprint density at radius 2 is 1.96 bits per heavy atom. The van der Waals surface area contributed by atoms with Crippen molar-refractivity contribution in [2.75, 3.05) is 40.8 Å². The third kappa shape index (κ3) is 3.54. The number of carbonyl (C=O) groups excluding carboxylic acids is 2. The number of rotatable bonds is 5. The number of likely N-dealkylation sites (N-methyl/N-ethyl adjacent to an activating group) is 1. The minimum Gasteiger partial charge on any atom is -0.333 e. The number of amides is 3. The summed E-state index contributed by atoms with van der Waals surface area (Å²) in [6, 6.07) is 4.42. The van der Waals surface area contributed by atoms with Crippen molar-refractivity contribution in [3.8, 4) is 0 Å². The standard InChI is InChI=1S/C18H22Cl2N4O2/c1-22(2)7-4-8-24-10-14-15(17(24)25)16(21-18(26)23(14)3)11-5-6-12(19)13(20)9-11/h5-6,9,16H,4,7-8,10H2,1-3H3,(H,21,26)/t16-/m0/s1. The van der Waals surface area contributed by atoms with E-state index in [4.69, 9.17) is 23.2 Å². The van der Waals surface area contributed by atoms with E-state index in [0.717, 1.165) is 24.2 Å². The van der Waals surface area contributed by atoms with E-state index in [1.807, 2.05) is 14.1 Å². The van der Waals surface area contributed by atoms with E-state index >= 15 is 0 Å². The fraction of sp³-hybridized carbons (Fsp3) is 0.444. The maximum atomic E-state index is 13.0. The lowest BCUT2D eigenvalue weighted by atomic mass is 9.96. The van der Waals surface area contributed by atoms with E-state index in [1.165, 1.54) is 4.90 Å². The molecule has 0 saturated heterocycles. The van der Waals surface area contributed by atoms with Crippen LogP contribution in [0.1, 0.15) is 18.0 Å². The van der Waals surface area contributed by atoms with Crippen LogP contribution in [0.15, 0.2) is 29.5 Å². The van der Waals surface area contributed by atoms with Crippen LogP contribution >= 0.6 is 23.2 Å². The molecule has 3 rings (SSSR count). The molecule has 3 amide bonds. The summed E-state index contributed by atoms with van der Waals surface area (Å²) in [5, 5.41) is 3.73. The third-order valence-electron chi connectivity index (χ3n) is 4.75. The number of hydrogen-bond acceptors (Lipinski definition) is 3. The summed E-state index contributed by atoms with van der Waals surface area (Å²) < 4.78 is 0. The highest BCUT2D eigenvalue weighted by atomic mass is 35.5. The fourth-order valence-electron chi connectivity index (χ4n) is 3.32. The molecule has 0 spiro atoms. The van der Waals surface area contributed by atoms with Gasteiger partial charge in [0.25, 0.3) is 5.91 Å². The van der Waals surface area contributed by atoms with Gasteiger partial charge in [0.1, 0.15) is 0 Å². The highest BCUT2D eigenvalue weighted by Gasteiger charge is 2.42. The monoisotopic (exact) mass is 396 g/mol. The van der Waals surface area contributed by atoms with Gasteiger partial charge in [-0.25, -0.2) is 4.79 Å². The molecule has 0 fully saturated rings. The summed E-state index contributed by atoms with van der Waals surface area (Å²) in [5.74, 6) is -0.0401. The molecule has 1 aromatic rings. The van der Waals surface area contributed by atoms with Crippen LogP contribution in [0.2, 0.25) is 10.0 Å². The quantitative estimate of drug-likeness (QED) is 0.832. The van der Waals surface area contributed by atoms with Gasteiger partial charge in [-0.2, -0.15) is 0 Å². The van der Waals surface area contributed by atoms with Crippen molar-refractivity contribution >= 4 is 35.1 Å². The molecule has 0 aromatic heterocycles. The summed E-state index contributed by atoms with van der Waals surface area (Å²) in [7, 11) is 5.70. The van der Waals surface area contributed by atoms with Crippen LogP contribution in [0.5, 0.6) is 0 Å². The minimum absolute atomic E-state index is 0.0401. The first-order valence-electron chi connectivity index (χ1n) is 8.45. The van der Waals surface area contributed by atoms with Crippen LogP contribution in [0, 0.1) is 0 Å². The molecule has 0 saturated carbocycles. The van der Waals surface area contributed by atoms with Crippen molar-refractivity contribution in [2.45, 2.75) is 12.5 Å². The molecule has 2 aliphatic heterocycles. The molecule has 2 aliphatic rings. The Bertz CT molecular complexity index is 778. The van der Waals surface area contributed by atoms with Gasteiger partial charge in [0, 0.05) is 13.6 Å². The van der Waals surface area contributed by atoms with Crippen LogP contribution in [0.25, 0.3) is 0 Å². The molecule has 1 N–H and O–H groups in total. The van der Waals surface area contributed by atoms with Crippen LogP contribution < -0.4 is 5.32 Å². The lowest BCUT2D eigenvalue weighted by Gasteiger charge is -2.31. The number of hydrogen-bond donors (Lipinski definition) is 1. The number of carbonyl (C=O) groups is 2. The molecule has 26 heavy (non-hydrogen) atoms. The number of halogens is 2. The van der Waals surface area contributed by atoms with Crippen molar-refractivity contribution in [2.24, 2.45) is 0 Å².